The number of aliphatic carboxylic acids is 1. The lowest BCUT2D eigenvalue weighted by atomic mass is 9.72. The van der Waals surface area contributed by atoms with Gasteiger partial charge in [-0.1, -0.05) is 25.5 Å². The highest BCUT2D eigenvalue weighted by atomic mass is 16.4. The molecule has 102 valence electrons. The third-order valence-electron chi connectivity index (χ3n) is 4.16. The van der Waals surface area contributed by atoms with E-state index in [9.17, 15) is 14.4 Å². The summed E-state index contributed by atoms with van der Waals surface area (Å²) in [5, 5.41) is 11.0. The monoisotopic (exact) mass is 263 g/mol. The number of carbonyl (C=O) groups is 3. The molecule has 0 saturated carbocycles. The van der Waals surface area contributed by atoms with E-state index in [1.165, 1.54) is 0 Å². The number of carbonyl (C=O) groups excluding carboxylic acids is 2. The molecule has 1 amide bonds. The zero-order chi connectivity index (χ0) is 14.2. The van der Waals surface area contributed by atoms with Gasteiger partial charge in [0.1, 0.15) is 0 Å². The van der Waals surface area contributed by atoms with Gasteiger partial charge in [0.25, 0.3) is 0 Å². The van der Waals surface area contributed by atoms with E-state index in [1.807, 2.05) is 0 Å². The van der Waals surface area contributed by atoms with Gasteiger partial charge in [0.15, 0.2) is 5.78 Å². The minimum Gasteiger partial charge on any atom is -0.474 e. The predicted octanol–water partition coefficient (Wildman–Crippen LogP) is 1.55. The third-order valence-corrected chi connectivity index (χ3v) is 4.16. The van der Waals surface area contributed by atoms with Crippen molar-refractivity contribution in [3.8, 4) is 0 Å². The lowest BCUT2D eigenvalue weighted by Gasteiger charge is -2.34. The maximum atomic E-state index is 12.0. The van der Waals surface area contributed by atoms with Crippen molar-refractivity contribution in [2.24, 2.45) is 5.41 Å². The Morgan fingerprint density at radius 2 is 2.11 bits per heavy atom. The second-order valence-corrected chi connectivity index (χ2v) is 5.27. The first-order valence-electron chi connectivity index (χ1n) is 6.40. The Kier molecular flexibility index (Phi) is 3.30. The van der Waals surface area contributed by atoms with Crippen LogP contribution < -0.4 is 5.32 Å². The van der Waals surface area contributed by atoms with Crippen LogP contribution in [0.2, 0.25) is 0 Å². The van der Waals surface area contributed by atoms with Gasteiger partial charge >= 0.3 is 11.9 Å². The molecular formula is C14H17NO4. The van der Waals surface area contributed by atoms with Gasteiger partial charge in [-0.2, -0.15) is 0 Å². The van der Waals surface area contributed by atoms with Crippen LogP contribution in [-0.2, 0) is 14.4 Å². The predicted molar refractivity (Wildman–Crippen MR) is 68.1 cm³/mol. The average Bonchev–Trinajstić information content (AvgIpc) is 2.76. The van der Waals surface area contributed by atoms with E-state index in [0.717, 1.165) is 12.0 Å². The number of rotatable bonds is 2. The summed E-state index contributed by atoms with van der Waals surface area (Å²) in [6.07, 6.45) is 4.55. The van der Waals surface area contributed by atoms with Crippen LogP contribution in [0.3, 0.4) is 0 Å². The first-order chi connectivity index (χ1) is 8.89. The maximum Gasteiger partial charge on any atom is 0.394 e. The molecule has 0 heterocycles. The van der Waals surface area contributed by atoms with Gasteiger partial charge in [-0.15, -0.1) is 0 Å². The summed E-state index contributed by atoms with van der Waals surface area (Å²) in [4.78, 5) is 33.8. The molecule has 0 aromatic carbocycles. The Bertz CT molecular complexity index is 530. The van der Waals surface area contributed by atoms with Crippen molar-refractivity contribution in [1.29, 1.82) is 0 Å². The van der Waals surface area contributed by atoms with Crippen LogP contribution in [0.5, 0.6) is 0 Å². The highest BCUT2D eigenvalue weighted by Gasteiger charge is 2.39. The zero-order valence-corrected chi connectivity index (χ0v) is 11.1. The molecule has 0 bridgehead atoms. The average molecular weight is 263 g/mol. The van der Waals surface area contributed by atoms with Crippen LogP contribution in [-0.4, -0.2) is 22.8 Å². The second kappa shape index (κ2) is 4.64. The molecule has 5 nitrogen and oxygen atoms in total. The Morgan fingerprint density at radius 3 is 2.68 bits per heavy atom. The van der Waals surface area contributed by atoms with Crippen molar-refractivity contribution in [1.82, 2.24) is 5.32 Å². The highest BCUT2D eigenvalue weighted by Crippen LogP contribution is 2.47. The van der Waals surface area contributed by atoms with Crippen LogP contribution in [0.1, 0.15) is 39.5 Å². The van der Waals surface area contributed by atoms with E-state index < -0.39 is 11.9 Å². The molecule has 0 spiro atoms. The van der Waals surface area contributed by atoms with Crippen molar-refractivity contribution in [2.75, 3.05) is 0 Å². The Morgan fingerprint density at radius 1 is 1.42 bits per heavy atom. The molecule has 1 atom stereocenters. The SMILES string of the molecule is CCC1(C)CC=C(NC(=O)C(=O)O)C2=C1CCC2=O. The summed E-state index contributed by atoms with van der Waals surface area (Å²) >= 11 is 0. The van der Waals surface area contributed by atoms with E-state index in [-0.39, 0.29) is 11.2 Å². The number of allylic oxidation sites excluding steroid dienone is 3. The molecule has 0 fully saturated rings. The van der Waals surface area contributed by atoms with Crippen molar-refractivity contribution in [3.05, 3.63) is 22.9 Å². The lowest BCUT2D eigenvalue weighted by molar-refractivity contribution is -0.149. The fraction of sp³-hybridized carbons (Fsp3) is 0.500. The Balaban J connectivity index is 2.36. The Hall–Kier alpha value is -1.91. The van der Waals surface area contributed by atoms with Gasteiger partial charge < -0.3 is 10.4 Å². The number of Topliss-reactive ketones (excluding diaryl/α,β-unsaturated/α-hetero) is 1. The van der Waals surface area contributed by atoms with Crippen LogP contribution in [0, 0.1) is 5.41 Å². The van der Waals surface area contributed by atoms with Crippen molar-refractivity contribution >= 4 is 17.7 Å². The molecule has 5 heteroatoms. The third kappa shape index (κ3) is 2.20. The van der Waals surface area contributed by atoms with E-state index in [0.29, 0.717) is 30.5 Å². The topological polar surface area (TPSA) is 83.5 Å². The van der Waals surface area contributed by atoms with Gasteiger partial charge in [0, 0.05) is 17.7 Å². The highest BCUT2D eigenvalue weighted by molar-refractivity contribution is 6.32. The number of nitrogens with one attached hydrogen (secondary N) is 1. The number of carboxylic acid groups (broad SMARTS) is 1. The number of ketones is 1. The fourth-order valence-corrected chi connectivity index (χ4v) is 2.77. The van der Waals surface area contributed by atoms with Crippen LogP contribution in [0.4, 0.5) is 0 Å². The maximum absolute atomic E-state index is 12.0. The molecule has 0 saturated heterocycles. The molecule has 0 aromatic rings. The van der Waals surface area contributed by atoms with Crippen LogP contribution in [0.15, 0.2) is 22.9 Å². The fourth-order valence-electron chi connectivity index (χ4n) is 2.77. The molecule has 2 aliphatic carbocycles. The lowest BCUT2D eigenvalue weighted by Crippen LogP contribution is -2.34. The quantitative estimate of drug-likeness (QED) is 0.740. The van der Waals surface area contributed by atoms with E-state index >= 15 is 0 Å². The smallest absolute Gasteiger partial charge is 0.394 e. The number of hydrogen-bond acceptors (Lipinski definition) is 3. The summed E-state index contributed by atoms with van der Waals surface area (Å²) in [6.45, 7) is 4.18. The molecule has 19 heavy (non-hydrogen) atoms. The molecule has 0 aliphatic heterocycles. The van der Waals surface area contributed by atoms with Gasteiger partial charge in [0.05, 0.1) is 0 Å². The van der Waals surface area contributed by atoms with Crippen molar-refractivity contribution in [3.63, 3.8) is 0 Å². The number of carboxylic acids is 1. The minimum absolute atomic E-state index is 0.00804. The number of amides is 1. The standard InChI is InChI=1S/C14H17NO4/c1-3-14(2)7-6-9(15-12(17)13(18)19)11-8(14)4-5-10(11)16/h6H,3-5,7H2,1-2H3,(H,15,17)(H,18,19). The first-order valence-corrected chi connectivity index (χ1v) is 6.40. The largest absolute Gasteiger partial charge is 0.474 e. The number of hydrogen-bond donors (Lipinski definition) is 2. The molecule has 0 radical (unpaired) electrons. The molecule has 1 unspecified atom stereocenters. The summed E-state index contributed by atoms with van der Waals surface area (Å²) in [5.41, 5.74) is 1.91. The van der Waals surface area contributed by atoms with Crippen molar-refractivity contribution < 1.29 is 19.5 Å². The normalized spacial score (nSPS) is 26.0. The van der Waals surface area contributed by atoms with E-state index in [2.05, 4.69) is 19.2 Å². The van der Waals surface area contributed by atoms with Gasteiger partial charge in [-0.25, -0.2) is 4.79 Å². The first kappa shape index (κ1) is 13.5. The van der Waals surface area contributed by atoms with E-state index in [4.69, 9.17) is 5.11 Å². The Labute approximate surface area is 111 Å². The molecule has 2 rings (SSSR count). The molecule has 0 aromatic heterocycles. The van der Waals surface area contributed by atoms with Crippen LogP contribution >= 0.6 is 0 Å². The summed E-state index contributed by atoms with van der Waals surface area (Å²) in [6, 6.07) is 0. The van der Waals surface area contributed by atoms with Gasteiger partial charge in [-0.05, 0) is 24.7 Å². The molecular weight excluding hydrogens is 246 g/mol. The molecule has 2 N–H and O–H groups in total. The van der Waals surface area contributed by atoms with Gasteiger partial charge in [0.2, 0.25) is 0 Å². The zero-order valence-electron chi connectivity index (χ0n) is 11.1. The van der Waals surface area contributed by atoms with Crippen molar-refractivity contribution in [2.45, 2.75) is 39.5 Å². The van der Waals surface area contributed by atoms with E-state index in [1.54, 1.807) is 6.08 Å². The molecule has 2 aliphatic rings. The summed E-state index contributed by atoms with van der Waals surface area (Å²) < 4.78 is 0. The van der Waals surface area contributed by atoms with Crippen LogP contribution in [0.25, 0.3) is 0 Å². The van der Waals surface area contributed by atoms with Gasteiger partial charge in [-0.3, -0.25) is 9.59 Å². The second-order valence-electron chi connectivity index (χ2n) is 5.27. The minimum atomic E-state index is -1.54. The summed E-state index contributed by atoms with van der Waals surface area (Å²) in [5.74, 6) is -2.65. The summed E-state index contributed by atoms with van der Waals surface area (Å²) in [7, 11) is 0.